The van der Waals surface area contributed by atoms with Crippen LogP contribution >= 0.6 is 0 Å². The van der Waals surface area contributed by atoms with E-state index in [1.165, 1.54) is 5.57 Å². The van der Waals surface area contributed by atoms with E-state index in [2.05, 4.69) is 26.8 Å². The van der Waals surface area contributed by atoms with Gasteiger partial charge in [-0.2, -0.15) is 0 Å². The van der Waals surface area contributed by atoms with Crippen LogP contribution in [-0.4, -0.2) is 12.6 Å². The van der Waals surface area contributed by atoms with Crippen LogP contribution in [0.5, 0.6) is 0 Å². The number of carbonyl (C=O) groups is 1. The molecule has 0 amide bonds. The van der Waals surface area contributed by atoms with Crippen molar-refractivity contribution in [3.63, 3.8) is 0 Å². The van der Waals surface area contributed by atoms with Crippen molar-refractivity contribution in [2.75, 3.05) is 6.61 Å². The molecule has 0 N–H and O–H groups in total. The summed E-state index contributed by atoms with van der Waals surface area (Å²) in [4.78, 5) is 11.4. The molecular formula is C14H26O2. The van der Waals surface area contributed by atoms with Crippen molar-refractivity contribution < 1.29 is 9.53 Å². The Kier molecular flexibility index (Phi) is 7.96. The summed E-state index contributed by atoms with van der Waals surface area (Å²) in [6.07, 6.45) is 4.88. The van der Waals surface area contributed by atoms with E-state index in [0.717, 1.165) is 12.8 Å². The topological polar surface area (TPSA) is 26.3 Å². The minimum Gasteiger partial charge on any atom is -0.465 e. The number of hydrogen-bond donors (Lipinski definition) is 0. The molecule has 0 bridgehead atoms. The molecule has 0 aromatic carbocycles. The Bertz CT molecular complexity index is 225. The Morgan fingerprint density at radius 1 is 1.25 bits per heavy atom. The monoisotopic (exact) mass is 226 g/mol. The van der Waals surface area contributed by atoms with Crippen molar-refractivity contribution in [2.24, 2.45) is 11.8 Å². The summed E-state index contributed by atoms with van der Waals surface area (Å²) >= 11 is 0. The number of rotatable bonds is 7. The molecule has 0 radical (unpaired) electrons. The number of allylic oxidation sites excluding steroid dienone is 2. The third-order valence-electron chi connectivity index (χ3n) is 2.30. The van der Waals surface area contributed by atoms with E-state index >= 15 is 0 Å². The van der Waals surface area contributed by atoms with Crippen LogP contribution < -0.4 is 0 Å². The summed E-state index contributed by atoms with van der Waals surface area (Å²) in [5.74, 6) is 0.776. The molecule has 0 saturated carbocycles. The van der Waals surface area contributed by atoms with Crippen LogP contribution in [0, 0.1) is 11.8 Å². The maximum atomic E-state index is 11.4. The first-order valence-electron chi connectivity index (χ1n) is 6.20. The van der Waals surface area contributed by atoms with Crippen molar-refractivity contribution in [1.29, 1.82) is 0 Å². The molecule has 0 spiro atoms. The molecule has 16 heavy (non-hydrogen) atoms. The van der Waals surface area contributed by atoms with Crippen molar-refractivity contribution in [3.8, 4) is 0 Å². The SMILES string of the molecule is CC(C)=CCC[C@@H](C)CC(=O)OCC(C)C. The predicted octanol–water partition coefficient (Wildman–Crippen LogP) is 3.96. The standard InChI is InChI=1S/C14H26O2/c1-11(2)7-6-8-13(5)9-14(15)16-10-12(3)4/h7,12-13H,6,8-10H2,1-5H3/t13-/m1/s1. The maximum Gasteiger partial charge on any atom is 0.306 e. The summed E-state index contributed by atoms with van der Waals surface area (Å²) < 4.78 is 5.15. The van der Waals surface area contributed by atoms with Crippen molar-refractivity contribution >= 4 is 5.97 Å². The lowest BCUT2D eigenvalue weighted by atomic mass is 10.0. The molecule has 0 saturated heterocycles. The number of hydrogen-bond acceptors (Lipinski definition) is 2. The molecule has 2 heteroatoms. The zero-order chi connectivity index (χ0) is 12.6. The van der Waals surface area contributed by atoms with Gasteiger partial charge in [0.1, 0.15) is 0 Å². The third-order valence-corrected chi connectivity index (χ3v) is 2.30. The van der Waals surface area contributed by atoms with Gasteiger partial charge in [0.2, 0.25) is 0 Å². The van der Waals surface area contributed by atoms with Crippen LogP contribution in [-0.2, 0) is 9.53 Å². The highest BCUT2D eigenvalue weighted by Gasteiger charge is 2.10. The highest BCUT2D eigenvalue weighted by molar-refractivity contribution is 5.69. The van der Waals surface area contributed by atoms with Gasteiger partial charge >= 0.3 is 5.97 Å². The molecule has 0 aliphatic carbocycles. The highest BCUT2D eigenvalue weighted by atomic mass is 16.5. The molecule has 0 aromatic rings. The average molecular weight is 226 g/mol. The Morgan fingerprint density at radius 2 is 1.88 bits per heavy atom. The van der Waals surface area contributed by atoms with Gasteiger partial charge in [-0.05, 0) is 38.5 Å². The summed E-state index contributed by atoms with van der Waals surface area (Å²) in [6.45, 7) is 10.9. The Hall–Kier alpha value is -0.790. The number of carbonyl (C=O) groups excluding carboxylic acids is 1. The van der Waals surface area contributed by atoms with Gasteiger partial charge in [-0.1, -0.05) is 32.4 Å². The van der Waals surface area contributed by atoms with E-state index in [1.807, 2.05) is 13.8 Å². The van der Waals surface area contributed by atoms with E-state index in [4.69, 9.17) is 4.74 Å². The quantitative estimate of drug-likeness (QED) is 0.485. The molecule has 0 unspecified atom stereocenters. The Labute approximate surface area is 100 Å². The van der Waals surface area contributed by atoms with E-state index in [-0.39, 0.29) is 5.97 Å². The van der Waals surface area contributed by atoms with Crippen LogP contribution in [0.2, 0.25) is 0 Å². The molecule has 0 rings (SSSR count). The van der Waals surface area contributed by atoms with Crippen molar-refractivity contribution in [3.05, 3.63) is 11.6 Å². The third kappa shape index (κ3) is 9.75. The molecule has 1 atom stereocenters. The minimum absolute atomic E-state index is 0.0570. The van der Waals surface area contributed by atoms with Crippen LogP contribution in [0.3, 0.4) is 0 Å². The molecular weight excluding hydrogens is 200 g/mol. The second-order valence-corrected chi connectivity index (χ2v) is 5.24. The van der Waals surface area contributed by atoms with Crippen LogP contribution in [0.25, 0.3) is 0 Å². The molecule has 0 aromatic heterocycles. The molecule has 0 heterocycles. The second kappa shape index (κ2) is 8.37. The molecule has 2 nitrogen and oxygen atoms in total. The maximum absolute atomic E-state index is 11.4. The molecule has 94 valence electrons. The smallest absolute Gasteiger partial charge is 0.306 e. The first kappa shape index (κ1) is 15.2. The number of esters is 1. The fourth-order valence-electron chi connectivity index (χ4n) is 1.36. The van der Waals surface area contributed by atoms with E-state index in [9.17, 15) is 4.79 Å². The van der Waals surface area contributed by atoms with E-state index in [1.54, 1.807) is 0 Å². The van der Waals surface area contributed by atoms with Crippen molar-refractivity contribution in [1.82, 2.24) is 0 Å². The van der Waals surface area contributed by atoms with Gasteiger partial charge in [0.15, 0.2) is 0 Å². The average Bonchev–Trinajstić information content (AvgIpc) is 2.14. The second-order valence-electron chi connectivity index (χ2n) is 5.24. The molecule has 0 fully saturated rings. The van der Waals surface area contributed by atoms with Gasteiger partial charge in [0.25, 0.3) is 0 Å². The summed E-state index contributed by atoms with van der Waals surface area (Å²) in [5, 5.41) is 0. The molecule has 0 aliphatic rings. The summed E-state index contributed by atoms with van der Waals surface area (Å²) in [7, 11) is 0. The lowest BCUT2D eigenvalue weighted by Crippen LogP contribution is -2.13. The largest absolute Gasteiger partial charge is 0.465 e. The van der Waals surface area contributed by atoms with Crippen LogP contribution in [0.1, 0.15) is 53.9 Å². The van der Waals surface area contributed by atoms with Crippen LogP contribution in [0.4, 0.5) is 0 Å². The van der Waals surface area contributed by atoms with Gasteiger partial charge in [-0.3, -0.25) is 4.79 Å². The van der Waals surface area contributed by atoms with E-state index in [0.29, 0.717) is 24.9 Å². The minimum atomic E-state index is -0.0570. The first-order chi connectivity index (χ1) is 7.41. The Balaban J connectivity index is 3.66. The van der Waals surface area contributed by atoms with Gasteiger partial charge in [-0.25, -0.2) is 0 Å². The van der Waals surface area contributed by atoms with E-state index < -0.39 is 0 Å². The fourth-order valence-corrected chi connectivity index (χ4v) is 1.36. The lowest BCUT2D eigenvalue weighted by molar-refractivity contribution is -0.145. The van der Waals surface area contributed by atoms with Crippen molar-refractivity contribution in [2.45, 2.75) is 53.9 Å². The lowest BCUT2D eigenvalue weighted by Gasteiger charge is -2.11. The zero-order valence-electron chi connectivity index (χ0n) is 11.4. The molecule has 0 aliphatic heterocycles. The van der Waals surface area contributed by atoms with Gasteiger partial charge in [0.05, 0.1) is 6.61 Å². The highest BCUT2D eigenvalue weighted by Crippen LogP contribution is 2.12. The van der Waals surface area contributed by atoms with Gasteiger partial charge in [0, 0.05) is 6.42 Å². The predicted molar refractivity (Wildman–Crippen MR) is 68.2 cm³/mol. The summed E-state index contributed by atoms with van der Waals surface area (Å²) in [6, 6.07) is 0. The summed E-state index contributed by atoms with van der Waals surface area (Å²) in [5.41, 5.74) is 1.34. The van der Waals surface area contributed by atoms with Gasteiger partial charge in [-0.15, -0.1) is 0 Å². The van der Waals surface area contributed by atoms with Gasteiger partial charge < -0.3 is 4.74 Å². The zero-order valence-corrected chi connectivity index (χ0v) is 11.4. The normalized spacial score (nSPS) is 12.4. The number of ether oxygens (including phenoxy) is 1. The fraction of sp³-hybridized carbons (Fsp3) is 0.786. The van der Waals surface area contributed by atoms with Crippen LogP contribution in [0.15, 0.2) is 11.6 Å². The first-order valence-corrected chi connectivity index (χ1v) is 6.20. The Morgan fingerprint density at radius 3 is 2.38 bits per heavy atom.